The van der Waals surface area contributed by atoms with Crippen LogP contribution in [0.25, 0.3) is 5.70 Å². The van der Waals surface area contributed by atoms with Crippen LogP contribution in [0, 0.1) is 0 Å². The summed E-state index contributed by atoms with van der Waals surface area (Å²) in [5.41, 5.74) is 3.49. The maximum atomic E-state index is 6.50. The highest BCUT2D eigenvalue weighted by Gasteiger charge is 2.23. The molecular weight excluding hydrogens is 406 g/mol. The van der Waals surface area contributed by atoms with Crippen LogP contribution in [0.15, 0.2) is 61.2 Å². The highest BCUT2D eigenvalue weighted by molar-refractivity contribution is 5.67. The van der Waals surface area contributed by atoms with Crippen molar-refractivity contribution < 1.29 is 4.74 Å². The predicted molar refractivity (Wildman–Crippen MR) is 139 cm³/mol. The van der Waals surface area contributed by atoms with E-state index in [0.717, 1.165) is 62.6 Å². The fraction of sp³-hybridized carbons (Fsp3) is 0.517. The third-order valence-electron chi connectivity index (χ3n) is 7.16. The number of nitrogens with one attached hydrogen (secondary N) is 1. The maximum absolute atomic E-state index is 6.50. The molecule has 4 rings (SSSR count). The molecule has 0 bridgehead atoms. The zero-order chi connectivity index (χ0) is 22.9. The standard InChI is InChI=1S/C29H41N3O/c1-24(26-11-5-3-6-12-26)23-32-20-15-27(16-21-32)33-29-14-8-7-13-28(29)25(2)30-17-22-31-18-9-4-10-19-31/h3,5-8,11-14,24,27,30H,2,4,9-10,15-23H2,1H3. The smallest absolute Gasteiger partial charge is 0.128 e. The van der Waals surface area contributed by atoms with Gasteiger partial charge in [0.1, 0.15) is 11.9 Å². The van der Waals surface area contributed by atoms with E-state index in [1.54, 1.807) is 0 Å². The van der Waals surface area contributed by atoms with E-state index in [4.69, 9.17) is 4.74 Å². The molecule has 0 saturated carbocycles. The van der Waals surface area contributed by atoms with E-state index in [1.165, 1.54) is 37.9 Å². The van der Waals surface area contributed by atoms with Crippen LogP contribution in [0.2, 0.25) is 0 Å². The normalized spacial score (nSPS) is 19.2. The lowest BCUT2D eigenvalue weighted by molar-refractivity contribution is 0.0976. The Balaban J connectivity index is 1.23. The Bertz CT molecular complexity index is 854. The molecule has 2 aromatic rings. The molecule has 0 aromatic heterocycles. The summed E-state index contributed by atoms with van der Waals surface area (Å²) in [7, 11) is 0. The summed E-state index contributed by atoms with van der Waals surface area (Å²) in [6.07, 6.45) is 6.47. The van der Waals surface area contributed by atoms with Crippen molar-refractivity contribution in [1.82, 2.24) is 15.1 Å². The number of hydrogen-bond donors (Lipinski definition) is 1. The van der Waals surface area contributed by atoms with Gasteiger partial charge in [-0.25, -0.2) is 0 Å². The average Bonchev–Trinajstić information content (AvgIpc) is 2.86. The average molecular weight is 448 g/mol. The molecule has 1 atom stereocenters. The quantitative estimate of drug-likeness (QED) is 0.529. The molecule has 0 aliphatic carbocycles. The lowest BCUT2D eigenvalue weighted by Crippen LogP contribution is -2.40. The minimum absolute atomic E-state index is 0.274. The first-order valence-corrected chi connectivity index (χ1v) is 12.9. The zero-order valence-corrected chi connectivity index (χ0v) is 20.3. The van der Waals surface area contributed by atoms with E-state index in [0.29, 0.717) is 5.92 Å². The van der Waals surface area contributed by atoms with Crippen molar-refractivity contribution in [3.63, 3.8) is 0 Å². The number of hydrogen-bond acceptors (Lipinski definition) is 4. The lowest BCUT2D eigenvalue weighted by Gasteiger charge is -2.34. The van der Waals surface area contributed by atoms with Gasteiger partial charge in [-0.1, -0.05) is 62.4 Å². The molecule has 4 nitrogen and oxygen atoms in total. The van der Waals surface area contributed by atoms with Gasteiger partial charge in [0.25, 0.3) is 0 Å². The van der Waals surface area contributed by atoms with E-state index in [9.17, 15) is 0 Å². The summed E-state index contributed by atoms with van der Waals surface area (Å²) in [6, 6.07) is 19.2. The van der Waals surface area contributed by atoms with Gasteiger partial charge in [-0.05, 0) is 62.4 Å². The van der Waals surface area contributed by atoms with Crippen LogP contribution in [0.4, 0.5) is 0 Å². The Morgan fingerprint density at radius 3 is 2.39 bits per heavy atom. The number of ether oxygens (including phenoxy) is 1. The van der Waals surface area contributed by atoms with Crippen LogP contribution in [0.5, 0.6) is 5.75 Å². The summed E-state index contributed by atoms with van der Waals surface area (Å²) in [5.74, 6) is 1.52. The van der Waals surface area contributed by atoms with E-state index in [2.05, 4.69) is 83.2 Å². The topological polar surface area (TPSA) is 27.7 Å². The second-order valence-electron chi connectivity index (χ2n) is 9.73. The SMILES string of the molecule is C=C(NCCN1CCCCC1)c1ccccc1OC1CCN(CC(C)c2ccccc2)CC1. The van der Waals surface area contributed by atoms with Crippen LogP contribution < -0.4 is 10.1 Å². The van der Waals surface area contributed by atoms with Gasteiger partial charge >= 0.3 is 0 Å². The van der Waals surface area contributed by atoms with Gasteiger partial charge in [0.2, 0.25) is 0 Å². The molecule has 0 radical (unpaired) electrons. The van der Waals surface area contributed by atoms with E-state index in [1.807, 2.05) is 0 Å². The summed E-state index contributed by atoms with van der Waals surface area (Å²) in [5, 5.41) is 3.54. The van der Waals surface area contributed by atoms with Crippen molar-refractivity contribution in [2.24, 2.45) is 0 Å². The van der Waals surface area contributed by atoms with Crippen LogP contribution in [-0.4, -0.2) is 61.7 Å². The van der Waals surface area contributed by atoms with Crippen molar-refractivity contribution in [2.45, 2.75) is 51.0 Å². The van der Waals surface area contributed by atoms with Crippen molar-refractivity contribution in [1.29, 1.82) is 0 Å². The third-order valence-corrected chi connectivity index (χ3v) is 7.16. The number of para-hydroxylation sites is 1. The van der Waals surface area contributed by atoms with Gasteiger partial charge in [0.05, 0.1) is 0 Å². The summed E-state index contributed by atoms with van der Waals surface area (Å²) < 4.78 is 6.50. The molecule has 0 amide bonds. The largest absolute Gasteiger partial charge is 0.490 e. The van der Waals surface area contributed by atoms with Gasteiger partial charge in [-0.2, -0.15) is 0 Å². The molecule has 1 N–H and O–H groups in total. The Morgan fingerprint density at radius 1 is 0.939 bits per heavy atom. The molecule has 33 heavy (non-hydrogen) atoms. The molecule has 2 aromatic carbocycles. The fourth-order valence-corrected chi connectivity index (χ4v) is 5.13. The first-order valence-electron chi connectivity index (χ1n) is 12.9. The number of benzene rings is 2. The van der Waals surface area contributed by atoms with Crippen molar-refractivity contribution in [3.05, 3.63) is 72.3 Å². The minimum atomic E-state index is 0.274. The maximum Gasteiger partial charge on any atom is 0.128 e. The Hall–Kier alpha value is -2.30. The zero-order valence-electron chi connectivity index (χ0n) is 20.3. The summed E-state index contributed by atoms with van der Waals surface area (Å²) in [6.45, 7) is 14.4. The Kier molecular flexibility index (Phi) is 8.85. The van der Waals surface area contributed by atoms with E-state index < -0.39 is 0 Å². The fourth-order valence-electron chi connectivity index (χ4n) is 5.13. The number of piperidine rings is 2. The Labute approximate surface area is 200 Å². The van der Waals surface area contributed by atoms with Crippen molar-refractivity contribution in [3.8, 4) is 5.75 Å². The molecule has 4 heteroatoms. The van der Waals surface area contributed by atoms with Crippen LogP contribution in [0.3, 0.4) is 0 Å². The molecule has 2 aliphatic rings. The minimum Gasteiger partial charge on any atom is -0.490 e. The second kappa shape index (κ2) is 12.2. The molecular formula is C29H41N3O. The van der Waals surface area contributed by atoms with Crippen molar-refractivity contribution in [2.75, 3.05) is 45.8 Å². The first kappa shape index (κ1) is 23.8. The lowest BCUT2D eigenvalue weighted by atomic mass is 9.99. The van der Waals surface area contributed by atoms with Gasteiger partial charge in [-0.15, -0.1) is 0 Å². The molecule has 2 saturated heterocycles. The Morgan fingerprint density at radius 2 is 1.64 bits per heavy atom. The molecule has 178 valence electrons. The molecule has 2 fully saturated rings. The van der Waals surface area contributed by atoms with Gasteiger partial charge in [-0.3, -0.25) is 0 Å². The van der Waals surface area contributed by atoms with Crippen LogP contribution in [0.1, 0.15) is 56.1 Å². The summed E-state index contributed by atoms with van der Waals surface area (Å²) in [4.78, 5) is 5.14. The number of rotatable bonds is 10. The van der Waals surface area contributed by atoms with Crippen molar-refractivity contribution >= 4 is 5.70 Å². The van der Waals surface area contributed by atoms with E-state index in [-0.39, 0.29) is 6.10 Å². The van der Waals surface area contributed by atoms with Crippen LogP contribution in [-0.2, 0) is 0 Å². The molecule has 2 heterocycles. The van der Waals surface area contributed by atoms with E-state index >= 15 is 0 Å². The number of likely N-dealkylation sites (tertiary alicyclic amines) is 2. The van der Waals surface area contributed by atoms with Gasteiger partial charge in [0.15, 0.2) is 0 Å². The number of nitrogens with zero attached hydrogens (tertiary/aromatic N) is 2. The van der Waals surface area contributed by atoms with Gasteiger partial charge < -0.3 is 19.9 Å². The predicted octanol–water partition coefficient (Wildman–Crippen LogP) is 5.38. The molecule has 0 spiro atoms. The second-order valence-corrected chi connectivity index (χ2v) is 9.73. The highest BCUT2D eigenvalue weighted by Crippen LogP contribution is 2.27. The molecule has 1 unspecified atom stereocenters. The highest BCUT2D eigenvalue weighted by atomic mass is 16.5. The van der Waals surface area contributed by atoms with Gasteiger partial charge in [0, 0.05) is 44.0 Å². The first-order chi connectivity index (χ1) is 16.2. The van der Waals surface area contributed by atoms with Crippen LogP contribution >= 0.6 is 0 Å². The third kappa shape index (κ3) is 7.09. The monoisotopic (exact) mass is 447 g/mol. The molecule has 2 aliphatic heterocycles. The summed E-state index contributed by atoms with van der Waals surface area (Å²) >= 11 is 0.